The van der Waals surface area contributed by atoms with Crippen molar-refractivity contribution in [3.05, 3.63) is 29.3 Å². The van der Waals surface area contributed by atoms with Gasteiger partial charge in [0.05, 0.1) is 17.3 Å². The van der Waals surface area contributed by atoms with Gasteiger partial charge in [-0.2, -0.15) is 0 Å². The molecule has 0 fully saturated rings. The van der Waals surface area contributed by atoms with Crippen LogP contribution in [0.5, 0.6) is 0 Å². The minimum atomic E-state index is -0.0611. The zero-order valence-corrected chi connectivity index (χ0v) is 11.8. The predicted octanol–water partition coefficient (Wildman–Crippen LogP) is 3.30. The van der Waals surface area contributed by atoms with Crippen LogP contribution in [0.25, 0.3) is 0 Å². The third kappa shape index (κ3) is 5.07. The average molecular weight is 269 g/mol. The highest BCUT2D eigenvalue weighted by atomic mass is 35.5. The molecule has 0 aliphatic carbocycles. The van der Waals surface area contributed by atoms with E-state index >= 15 is 0 Å². The Kier molecular flexibility index (Phi) is 6.76. The van der Waals surface area contributed by atoms with Crippen molar-refractivity contribution in [3.8, 4) is 0 Å². The van der Waals surface area contributed by atoms with E-state index in [1.54, 1.807) is 12.1 Å². The van der Waals surface area contributed by atoms with Crippen molar-refractivity contribution in [2.24, 2.45) is 5.92 Å². The Hall–Kier alpha value is -1.06. The highest BCUT2D eigenvalue weighted by molar-refractivity contribution is 6.33. The first-order valence-corrected chi connectivity index (χ1v) is 6.80. The average Bonchev–Trinajstić information content (AvgIpc) is 2.37. The predicted molar refractivity (Wildman–Crippen MR) is 77.0 cm³/mol. The summed E-state index contributed by atoms with van der Waals surface area (Å²) in [6.07, 6.45) is 2.27. The van der Waals surface area contributed by atoms with Gasteiger partial charge in [-0.05, 0) is 24.6 Å². The maximum absolute atomic E-state index is 11.7. The maximum Gasteiger partial charge on any atom is 0.238 e. The standard InChI is InChI=1S/C14H21ClN2O/c1-3-11(4-2)9-16-10-14(18)17-13-8-6-5-7-12(13)15/h5-8,11,16H,3-4,9-10H2,1-2H3,(H,17,18). The van der Waals surface area contributed by atoms with Crippen LogP contribution in [-0.4, -0.2) is 19.0 Å². The Balaban J connectivity index is 2.32. The molecule has 4 heteroatoms. The first-order chi connectivity index (χ1) is 8.67. The van der Waals surface area contributed by atoms with E-state index in [0.29, 0.717) is 23.2 Å². The molecule has 1 rings (SSSR count). The third-order valence-corrected chi connectivity index (χ3v) is 3.35. The molecule has 0 saturated heterocycles. The first kappa shape index (κ1) is 15.0. The van der Waals surface area contributed by atoms with Gasteiger partial charge in [-0.25, -0.2) is 0 Å². The van der Waals surface area contributed by atoms with Crippen LogP contribution in [0.4, 0.5) is 5.69 Å². The smallest absolute Gasteiger partial charge is 0.238 e. The van der Waals surface area contributed by atoms with Gasteiger partial charge in [0.2, 0.25) is 5.91 Å². The van der Waals surface area contributed by atoms with E-state index in [9.17, 15) is 4.79 Å². The molecule has 3 nitrogen and oxygen atoms in total. The van der Waals surface area contributed by atoms with Crippen LogP contribution in [0.15, 0.2) is 24.3 Å². The molecular formula is C14H21ClN2O. The molecule has 18 heavy (non-hydrogen) atoms. The van der Waals surface area contributed by atoms with Crippen molar-refractivity contribution in [2.45, 2.75) is 26.7 Å². The summed E-state index contributed by atoms with van der Waals surface area (Å²) in [5.74, 6) is 0.576. The second-order valence-corrected chi connectivity index (χ2v) is 4.75. The van der Waals surface area contributed by atoms with Gasteiger partial charge < -0.3 is 10.6 Å². The molecule has 0 aliphatic heterocycles. The normalized spacial score (nSPS) is 10.7. The van der Waals surface area contributed by atoms with Crippen LogP contribution in [0.3, 0.4) is 0 Å². The van der Waals surface area contributed by atoms with Crippen LogP contribution < -0.4 is 10.6 Å². The van der Waals surface area contributed by atoms with E-state index in [0.717, 1.165) is 19.4 Å². The number of halogens is 1. The maximum atomic E-state index is 11.7. The number of carbonyl (C=O) groups excluding carboxylic acids is 1. The van der Waals surface area contributed by atoms with Gasteiger partial charge in [-0.15, -0.1) is 0 Å². The van der Waals surface area contributed by atoms with Crippen molar-refractivity contribution in [3.63, 3.8) is 0 Å². The van der Waals surface area contributed by atoms with E-state index in [-0.39, 0.29) is 5.91 Å². The molecule has 2 N–H and O–H groups in total. The number of carbonyl (C=O) groups is 1. The van der Waals surface area contributed by atoms with Crippen LogP contribution in [0.1, 0.15) is 26.7 Å². The number of para-hydroxylation sites is 1. The molecule has 0 bridgehead atoms. The molecule has 1 amide bonds. The number of hydrogen-bond acceptors (Lipinski definition) is 2. The van der Waals surface area contributed by atoms with Crippen molar-refractivity contribution >= 4 is 23.2 Å². The molecule has 0 aromatic heterocycles. The Bertz CT molecular complexity index is 378. The van der Waals surface area contributed by atoms with E-state index in [1.807, 2.05) is 12.1 Å². The van der Waals surface area contributed by atoms with E-state index < -0.39 is 0 Å². The minimum absolute atomic E-state index is 0.0611. The summed E-state index contributed by atoms with van der Waals surface area (Å²) >= 11 is 5.96. The molecular weight excluding hydrogens is 248 g/mol. The second kappa shape index (κ2) is 8.11. The molecule has 0 heterocycles. The lowest BCUT2D eigenvalue weighted by Crippen LogP contribution is -2.31. The van der Waals surface area contributed by atoms with Crippen LogP contribution >= 0.6 is 11.6 Å². The van der Waals surface area contributed by atoms with Gasteiger partial charge >= 0.3 is 0 Å². The van der Waals surface area contributed by atoms with Crippen molar-refractivity contribution in [2.75, 3.05) is 18.4 Å². The number of rotatable bonds is 7. The van der Waals surface area contributed by atoms with E-state index in [2.05, 4.69) is 24.5 Å². The second-order valence-electron chi connectivity index (χ2n) is 4.34. The first-order valence-electron chi connectivity index (χ1n) is 6.42. The zero-order chi connectivity index (χ0) is 13.4. The lowest BCUT2D eigenvalue weighted by molar-refractivity contribution is -0.115. The monoisotopic (exact) mass is 268 g/mol. The summed E-state index contributed by atoms with van der Waals surface area (Å²) in [4.78, 5) is 11.7. The fourth-order valence-corrected chi connectivity index (χ4v) is 1.91. The number of nitrogens with one attached hydrogen (secondary N) is 2. The molecule has 100 valence electrons. The highest BCUT2D eigenvalue weighted by Gasteiger charge is 2.06. The molecule has 1 aromatic rings. The van der Waals surface area contributed by atoms with Crippen molar-refractivity contribution in [1.29, 1.82) is 0 Å². The lowest BCUT2D eigenvalue weighted by atomic mass is 10.0. The van der Waals surface area contributed by atoms with Crippen LogP contribution in [0.2, 0.25) is 5.02 Å². The fourth-order valence-electron chi connectivity index (χ4n) is 1.72. The number of hydrogen-bond donors (Lipinski definition) is 2. The zero-order valence-electron chi connectivity index (χ0n) is 11.0. The van der Waals surface area contributed by atoms with Crippen LogP contribution in [-0.2, 0) is 4.79 Å². The van der Waals surface area contributed by atoms with Gasteiger partial charge in [0.25, 0.3) is 0 Å². The summed E-state index contributed by atoms with van der Waals surface area (Å²) in [7, 11) is 0. The van der Waals surface area contributed by atoms with Gasteiger partial charge in [0.15, 0.2) is 0 Å². The fraction of sp³-hybridized carbons (Fsp3) is 0.500. The minimum Gasteiger partial charge on any atom is -0.324 e. The topological polar surface area (TPSA) is 41.1 Å². The number of benzene rings is 1. The molecule has 0 aliphatic rings. The molecule has 0 atom stereocenters. The van der Waals surface area contributed by atoms with Gasteiger partial charge in [0, 0.05) is 0 Å². The molecule has 0 unspecified atom stereocenters. The summed E-state index contributed by atoms with van der Waals surface area (Å²) < 4.78 is 0. The summed E-state index contributed by atoms with van der Waals surface area (Å²) in [5, 5.41) is 6.52. The van der Waals surface area contributed by atoms with E-state index in [1.165, 1.54) is 0 Å². The Labute approximate surface area is 114 Å². The molecule has 0 spiro atoms. The Morgan fingerprint density at radius 2 is 1.94 bits per heavy atom. The summed E-state index contributed by atoms with van der Waals surface area (Å²) in [6, 6.07) is 7.23. The SMILES string of the molecule is CCC(CC)CNCC(=O)Nc1ccccc1Cl. The summed E-state index contributed by atoms with van der Waals surface area (Å²) in [6.45, 7) is 5.53. The molecule has 0 saturated carbocycles. The van der Waals surface area contributed by atoms with Crippen molar-refractivity contribution in [1.82, 2.24) is 5.32 Å². The largest absolute Gasteiger partial charge is 0.324 e. The quantitative estimate of drug-likeness (QED) is 0.797. The highest BCUT2D eigenvalue weighted by Crippen LogP contribution is 2.19. The number of anilines is 1. The van der Waals surface area contributed by atoms with Gasteiger partial charge in [-0.1, -0.05) is 50.4 Å². The van der Waals surface area contributed by atoms with Gasteiger partial charge in [-0.3, -0.25) is 4.79 Å². The third-order valence-electron chi connectivity index (χ3n) is 3.02. The van der Waals surface area contributed by atoms with E-state index in [4.69, 9.17) is 11.6 Å². The summed E-state index contributed by atoms with van der Waals surface area (Å²) in [5.41, 5.74) is 0.661. The van der Waals surface area contributed by atoms with Gasteiger partial charge in [0.1, 0.15) is 0 Å². The molecule has 1 aromatic carbocycles. The van der Waals surface area contributed by atoms with Crippen molar-refractivity contribution < 1.29 is 4.79 Å². The lowest BCUT2D eigenvalue weighted by Gasteiger charge is -2.13. The Morgan fingerprint density at radius 1 is 1.28 bits per heavy atom. The number of amides is 1. The Morgan fingerprint density at radius 3 is 2.56 bits per heavy atom. The van der Waals surface area contributed by atoms with Crippen LogP contribution in [0, 0.1) is 5.92 Å². The molecule has 0 radical (unpaired) electrons.